The Bertz CT molecular complexity index is 360. The Balaban J connectivity index is 1.63. The third kappa shape index (κ3) is 3.80. The van der Waals surface area contributed by atoms with Crippen molar-refractivity contribution < 1.29 is 9.32 Å². The van der Waals surface area contributed by atoms with Crippen LogP contribution < -0.4 is 10.6 Å². The molecular formula is C12H20N4O2. The third-order valence-electron chi connectivity index (χ3n) is 3.29. The summed E-state index contributed by atoms with van der Waals surface area (Å²) in [6.07, 6.45) is 6.70. The van der Waals surface area contributed by atoms with Crippen LogP contribution in [0.4, 0.5) is 0 Å². The van der Waals surface area contributed by atoms with Crippen molar-refractivity contribution in [1.82, 2.24) is 20.8 Å². The van der Waals surface area contributed by atoms with Gasteiger partial charge in [-0.15, -0.1) is 0 Å². The molecule has 0 bridgehead atoms. The molecule has 1 heterocycles. The maximum atomic E-state index is 11.9. The van der Waals surface area contributed by atoms with E-state index in [9.17, 15) is 4.79 Å². The standard InChI is InChI=1S/C12H20N4O2/c1-9(12(17)16-10-4-2-3-5-10)13-7-6-11-14-8-15-18-11/h8-10,13H,2-7H2,1H3,(H,16,17). The van der Waals surface area contributed by atoms with Crippen molar-refractivity contribution in [2.24, 2.45) is 0 Å². The zero-order valence-electron chi connectivity index (χ0n) is 10.7. The zero-order valence-corrected chi connectivity index (χ0v) is 10.7. The first-order valence-corrected chi connectivity index (χ1v) is 6.55. The van der Waals surface area contributed by atoms with E-state index in [0.717, 1.165) is 12.8 Å². The van der Waals surface area contributed by atoms with Gasteiger partial charge in [0, 0.05) is 19.0 Å². The van der Waals surface area contributed by atoms with Crippen LogP contribution in [0, 0.1) is 0 Å². The zero-order chi connectivity index (χ0) is 12.8. The van der Waals surface area contributed by atoms with Crippen molar-refractivity contribution in [2.75, 3.05) is 6.54 Å². The first-order chi connectivity index (χ1) is 8.75. The van der Waals surface area contributed by atoms with Crippen LogP contribution in [-0.4, -0.2) is 34.7 Å². The number of hydrogen-bond acceptors (Lipinski definition) is 5. The highest BCUT2D eigenvalue weighted by Crippen LogP contribution is 2.17. The minimum Gasteiger partial charge on any atom is -0.352 e. The highest BCUT2D eigenvalue weighted by atomic mass is 16.5. The number of rotatable bonds is 6. The number of nitrogens with zero attached hydrogens (tertiary/aromatic N) is 2. The summed E-state index contributed by atoms with van der Waals surface area (Å²) < 4.78 is 4.88. The first kappa shape index (κ1) is 13.0. The molecule has 0 saturated heterocycles. The van der Waals surface area contributed by atoms with Crippen LogP contribution in [0.2, 0.25) is 0 Å². The maximum absolute atomic E-state index is 11.9. The lowest BCUT2D eigenvalue weighted by Crippen LogP contribution is -2.46. The summed E-state index contributed by atoms with van der Waals surface area (Å²) in [4.78, 5) is 15.8. The molecule has 0 spiro atoms. The van der Waals surface area contributed by atoms with E-state index in [1.807, 2.05) is 6.92 Å². The molecule has 0 aliphatic heterocycles. The summed E-state index contributed by atoms with van der Waals surface area (Å²) in [7, 11) is 0. The summed E-state index contributed by atoms with van der Waals surface area (Å²) in [5, 5.41) is 9.75. The van der Waals surface area contributed by atoms with Gasteiger partial charge in [-0.3, -0.25) is 4.79 Å². The largest absolute Gasteiger partial charge is 0.352 e. The van der Waals surface area contributed by atoms with Gasteiger partial charge in [0.15, 0.2) is 6.33 Å². The molecule has 1 saturated carbocycles. The molecule has 2 rings (SSSR count). The summed E-state index contributed by atoms with van der Waals surface area (Å²) in [5.41, 5.74) is 0. The van der Waals surface area contributed by atoms with Gasteiger partial charge < -0.3 is 15.2 Å². The van der Waals surface area contributed by atoms with Crippen molar-refractivity contribution in [3.05, 3.63) is 12.2 Å². The molecule has 18 heavy (non-hydrogen) atoms. The molecule has 100 valence electrons. The smallest absolute Gasteiger partial charge is 0.237 e. The predicted octanol–water partition coefficient (Wildman–Crippen LogP) is 0.649. The topological polar surface area (TPSA) is 80.1 Å². The number of hydrogen-bond donors (Lipinski definition) is 2. The van der Waals surface area contributed by atoms with E-state index in [0.29, 0.717) is 24.9 Å². The molecule has 1 aliphatic carbocycles. The van der Waals surface area contributed by atoms with E-state index < -0.39 is 0 Å². The monoisotopic (exact) mass is 252 g/mol. The van der Waals surface area contributed by atoms with Gasteiger partial charge in [-0.05, 0) is 19.8 Å². The maximum Gasteiger partial charge on any atom is 0.237 e. The average Bonchev–Trinajstić information content (AvgIpc) is 3.01. The fourth-order valence-corrected chi connectivity index (χ4v) is 2.19. The Morgan fingerprint density at radius 3 is 3.00 bits per heavy atom. The van der Waals surface area contributed by atoms with Crippen molar-refractivity contribution in [3.8, 4) is 0 Å². The van der Waals surface area contributed by atoms with Crippen molar-refractivity contribution in [1.29, 1.82) is 0 Å². The Morgan fingerprint density at radius 2 is 2.33 bits per heavy atom. The van der Waals surface area contributed by atoms with Gasteiger partial charge in [-0.1, -0.05) is 18.0 Å². The molecule has 1 fully saturated rings. The summed E-state index contributed by atoms with van der Waals surface area (Å²) >= 11 is 0. The second-order valence-corrected chi connectivity index (χ2v) is 4.75. The van der Waals surface area contributed by atoms with Crippen molar-refractivity contribution >= 4 is 5.91 Å². The lowest BCUT2D eigenvalue weighted by Gasteiger charge is -2.17. The Labute approximate surface area is 107 Å². The Hall–Kier alpha value is -1.43. The van der Waals surface area contributed by atoms with E-state index in [1.165, 1.54) is 19.2 Å². The van der Waals surface area contributed by atoms with Crippen LogP contribution in [0.3, 0.4) is 0 Å². The summed E-state index contributed by atoms with van der Waals surface area (Å²) in [6.45, 7) is 2.53. The number of aromatic nitrogens is 2. The molecule has 1 aliphatic rings. The third-order valence-corrected chi connectivity index (χ3v) is 3.29. The molecule has 2 N–H and O–H groups in total. The van der Waals surface area contributed by atoms with Gasteiger partial charge in [0.25, 0.3) is 0 Å². The van der Waals surface area contributed by atoms with Crippen LogP contribution in [0.15, 0.2) is 10.9 Å². The molecule has 6 nitrogen and oxygen atoms in total. The molecule has 6 heteroatoms. The molecule has 1 amide bonds. The van der Waals surface area contributed by atoms with Crippen LogP contribution in [0.25, 0.3) is 0 Å². The lowest BCUT2D eigenvalue weighted by atomic mass is 10.2. The van der Waals surface area contributed by atoms with Gasteiger partial charge >= 0.3 is 0 Å². The van der Waals surface area contributed by atoms with Crippen LogP contribution >= 0.6 is 0 Å². The predicted molar refractivity (Wildman–Crippen MR) is 65.9 cm³/mol. The fourth-order valence-electron chi connectivity index (χ4n) is 2.19. The normalized spacial score (nSPS) is 17.8. The van der Waals surface area contributed by atoms with Crippen LogP contribution in [0.5, 0.6) is 0 Å². The number of carbonyl (C=O) groups excluding carboxylic acids is 1. The highest BCUT2D eigenvalue weighted by Gasteiger charge is 2.20. The second-order valence-electron chi connectivity index (χ2n) is 4.75. The molecule has 0 radical (unpaired) electrons. The minimum atomic E-state index is -0.187. The Morgan fingerprint density at radius 1 is 1.56 bits per heavy atom. The summed E-state index contributed by atoms with van der Waals surface area (Å²) in [5.74, 6) is 0.665. The highest BCUT2D eigenvalue weighted by molar-refractivity contribution is 5.81. The number of nitrogens with one attached hydrogen (secondary N) is 2. The fraction of sp³-hybridized carbons (Fsp3) is 0.750. The van der Waals surface area contributed by atoms with Gasteiger partial charge in [-0.25, -0.2) is 0 Å². The quantitative estimate of drug-likeness (QED) is 0.777. The SMILES string of the molecule is CC(NCCc1ncno1)C(=O)NC1CCCC1. The molecule has 1 unspecified atom stereocenters. The van der Waals surface area contributed by atoms with Crippen molar-refractivity contribution in [3.63, 3.8) is 0 Å². The lowest BCUT2D eigenvalue weighted by molar-refractivity contribution is -0.123. The number of carbonyl (C=O) groups is 1. The van der Waals surface area contributed by atoms with E-state index in [1.54, 1.807) is 0 Å². The van der Waals surface area contributed by atoms with Gasteiger partial charge in [0.2, 0.25) is 11.8 Å². The van der Waals surface area contributed by atoms with Gasteiger partial charge in [0.05, 0.1) is 6.04 Å². The second kappa shape index (κ2) is 6.49. The van der Waals surface area contributed by atoms with Gasteiger partial charge in [0.1, 0.15) is 0 Å². The van der Waals surface area contributed by atoms with Gasteiger partial charge in [-0.2, -0.15) is 4.98 Å². The molecular weight excluding hydrogens is 232 g/mol. The Kier molecular flexibility index (Phi) is 4.69. The van der Waals surface area contributed by atoms with Crippen LogP contribution in [-0.2, 0) is 11.2 Å². The minimum absolute atomic E-state index is 0.0763. The van der Waals surface area contributed by atoms with Crippen LogP contribution in [0.1, 0.15) is 38.5 Å². The van der Waals surface area contributed by atoms with Crippen molar-refractivity contribution in [2.45, 2.75) is 51.1 Å². The summed E-state index contributed by atoms with van der Waals surface area (Å²) in [6, 6.07) is 0.186. The molecule has 1 aromatic rings. The van der Waals surface area contributed by atoms with E-state index in [2.05, 4.69) is 20.8 Å². The van der Waals surface area contributed by atoms with E-state index >= 15 is 0 Å². The molecule has 0 aromatic carbocycles. The first-order valence-electron chi connectivity index (χ1n) is 6.55. The molecule has 1 atom stereocenters. The number of amides is 1. The van der Waals surface area contributed by atoms with E-state index in [4.69, 9.17) is 4.52 Å². The average molecular weight is 252 g/mol. The molecule has 1 aromatic heterocycles. The van der Waals surface area contributed by atoms with E-state index in [-0.39, 0.29) is 11.9 Å².